The number of carbonyl (C=O) groups excluding carboxylic acids is 1. The van der Waals surface area contributed by atoms with Crippen molar-refractivity contribution in [1.82, 2.24) is 20.0 Å². The minimum absolute atomic E-state index is 0.125. The highest BCUT2D eigenvalue weighted by Crippen LogP contribution is 2.18. The summed E-state index contributed by atoms with van der Waals surface area (Å²) in [4.78, 5) is 13.7. The minimum Gasteiger partial charge on any atom is -0.352 e. The third-order valence-corrected chi connectivity index (χ3v) is 3.30. The number of carbonyl (C=O) groups is 1. The molecule has 1 saturated carbocycles. The predicted octanol–water partition coefficient (Wildman–Crippen LogP) is 0.922. The Morgan fingerprint density at radius 3 is 2.89 bits per heavy atom. The first-order valence-electron chi connectivity index (χ1n) is 6.59. The number of hydrogen-bond acceptors (Lipinski definition) is 3. The minimum atomic E-state index is 0.125. The lowest BCUT2D eigenvalue weighted by molar-refractivity contribution is -0.122. The zero-order valence-electron chi connectivity index (χ0n) is 11.4. The van der Waals surface area contributed by atoms with Gasteiger partial charge in [0.2, 0.25) is 5.91 Å². The highest BCUT2D eigenvalue weighted by Gasteiger charge is 2.23. The van der Waals surface area contributed by atoms with Crippen molar-refractivity contribution in [1.29, 1.82) is 0 Å². The Labute approximate surface area is 108 Å². The van der Waals surface area contributed by atoms with Crippen LogP contribution in [-0.2, 0) is 17.9 Å². The molecule has 0 radical (unpaired) electrons. The molecular formula is C13H22N4O. The Kier molecular flexibility index (Phi) is 4.01. The number of rotatable bonds is 6. The van der Waals surface area contributed by atoms with Gasteiger partial charge in [0.15, 0.2) is 0 Å². The molecule has 1 aliphatic carbocycles. The van der Waals surface area contributed by atoms with Crippen LogP contribution in [0.4, 0.5) is 0 Å². The third-order valence-electron chi connectivity index (χ3n) is 3.30. The van der Waals surface area contributed by atoms with Gasteiger partial charge in [-0.3, -0.25) is 14.4 Å². The van der Waals surface area contributed by atoms with Gasteiger partial charge in [-0.2, -0.15) is 5.10 Å². The number of nitrogens with one attached hydrogen (secondary N) is 1. The molecule has 1 fully saturated rings. The van der Waals surface area contributed by atoms with E-state index in [4.69, 9.17) is 0 Å². The highest BCUT2D eigenvalue weighted by atomic mass is 16.2. The number of aryl methyl sites for hydroxylation is 1. The van der Waals surface area contributed by atoms with Gasteiger partial charge in [0, 0.05) is 30.4 Å². The van der Waals surface area contributed by atoms with E-state index in [1.54, 1.807) is 0 Å². The number of amides is 1. The Hall–Kier alpha value is -1.36. The van der Waals surface area contributed by atoms with Gasteiger partial charge in [-0.05, 0) is 33.7 Å². The van der Waals surface area contributed by atoms with Gasteiger partial charge in [0.25, 0.3) is 0 Å². The van der Waals surface area contributed by atoms with Gasteiger partial charge < -0.3 is 5.32 Å². The van der Waals surface area contributed by atoms with Gasteiger partial charge in [0.1, 0.15) is 0 Å². The van der Waals surface area contributed by atoms with Crippen molar-refractivity contribution in [3.63, 3.8) is 0 Å². The fourth-order valence-electron chi connectivity index (χ4n) is 2.05. The van der Waals surface area contributed by atoms with Crippen molar-refractivity contribution < 1.29 is 4.79 Å². The van der Waals surface area contributed by atoms with Gasteiger partial charge in [-0.15, -0.1) is 0 Å². The van der Waals surface area contributed by atoms with Gasteiger partial charge >= 0.3 is 0 Å². The molecule has 1 aromatic rings. The summed E-state index contributed by atoms with van der Waals surface area (Å²) in [5, 5.41) is 7.31. The molecule has 1 aromatic heterocycles. The fraction of sp³-hybridized carbons (Fsp3) is 0.692. The second kappa shape index (κ2) is 5.52. The molecule has 1 N–H and O–H groups in total. The first-order valence-corrected chi connectivity index (χ1v) is 6.59. The Morgan fingerprint density at radius 1 is 1.61 bits per heavy atom. The molecule has 1 heterocycles. The van der Waals surface area contributed by atoms with Crippen molar-refractivity contribution in [3.05, 3.63) is 17.5 Å². The molecule has 0 unspecified atom stereocenters. The van der Waals surface area contributed by atoms with Crippen LogP contribution in [0, 0.1) is 6.92 Å². The summed E-state index contributed by atoms with van der Waals surface area (Å²) in [7, 11) is 1.97. The molecule has 100 valence electrons. The van der Waals surface area contributed by atoms with Crippen molar-refractivity contribution in [2.24, 2.45) is 0 Å². The fourth-order valence-corrected chi connectivity index (χ4v) is 2.05. The first-order chi connectivity index (χ1) is 8.60. The van der Waals surface area contributed by atoms with Crippen molar-refractivity contribution in [3.8, 4) is 0 Å². The van der Waals surface area contributed by atoms with Crippen LogP contribution >= 0.6 is 0 Å². The number of hydrogen-bond donors (Lipinski definition) is 1. The lowest BCUT2D eigenvalue weighted by atomic mass is 10.2. The van der Waals surface area contributed by atoms with E-state index >= 15 is 0 Å². The quantitative estimate of drug-likeness (QED) is 0.817. The molecule has 0 spiro atoms. The van der Waals surface area contributed by atoms with Crippen molar-refractivity contribution in [2.75, 3.05) is 13.6 Å². The molecule has 5 nitrogen and oxygen atoms in total. The largest absolute Gasteiger partial charge is 0.352 e. The molecule has 18 heavy (non-hydrogen) atoms. The standard InChI is InChI=1S/C13H22N4O/c1-4-17-10(2)11(7-14-17)8-16(3)9-13(18)15-12-5-6-12/h7,12H,4-6,8-9H2,1-3H3,(H,15,18). The topological polar surface area (TPSA) is 50.2 Å². The molecular weight excluding hydrogens is 228 g/mol. The lowest BCUT2D eigenvalue weighted by Gasteiger charge is -2.16. The second-order valence-corrected chi connectivity index (χ2v) is 5.09. The van der Waals surface area contributed by atoms with Crippen LogP contribution in [0.1, 0.15) is 31.0 Å². The molecule has 0 saturated heterocycles. The molecule has 1 amide bonds. The average Bonchev–Trinajstić information content (AvgIpc) is 3.04. The maximum atomic E-state index is 11.7. The van der Waals surface area contributed by atoms with Crippen LogP contribution in [0.15, 0.2) is 6.20 Å². The monoisotopic (exact) mass is 250 g/mol. The summed E-state index contributed by atoms with van der Waals surface area (Å²) in [5.74, 6) is 0.125. The molecule has 0 bridgehead atoms. The molecule has 2 rings (SSSR count). The van der Waals surface area contributed by atoms with Crippen molar-refractivity contribution in [2.45, 2.75) is 45.8 Å². The lowest BCUT2D eigenvalue weighted by Crippen LogP contribution is -2.36. The molecule has 5 heteroatoms. The maximum absolute atomic E-state index is 11.7. The average molecular weight is 250 g/mol. The summed E-state index contributed by atoms with van der Waals surface area (Å²) >= 11 is 0. The van der Waals surface area contributed by atoms with Crippen LogP contribution in [0.25, 0.3) is 0 Å². The zero-order valence-corrected chi connectivity index (χ0v) is 11.4. The summed E-state index contributed by atoms with van der Waals surface area (Å²) < 4.78 is 1.98. The van der Waals surface area contributed by atoms with Gasteiger partial charge in [-0.1, -0.05) is 0 Å². The Morgan fingerprint density at radius 2 is 2.33 bits per heavy atom. The van der Waals surface area contributed by atoms with Gasteiger partial charge in [-0.25, -0.2) is 0 Å². The smallest absolute Gasteiger partial charge is 0.234 e. The molecule has 1 aliphatic rings. The van der Waals surface area contributed by atoms with E-state index in [0.29, 0.717) is 12.6 Å². The molecule has 0 aliphatic heterocycles. The van der Waals surface area contributed by atoms with Crippen molar-refractivity contribution >= 4 is 5.91 Å². The highest BCUT2D eigenvalue weighted by molar-refractivity contribution is 5.78. The van der Waals surface area contributed by atoms with E-state index < -0.39 is 0 Å². The first kappa shape index (κ1) is 13.1. The normalized spacial score (nSPS) is 15.1. The van der Waals surface area contributed by atoms with E-state index in [1.165, 1.54) is 11.3 Å². The number of aromatic nitrogens is 2. The van der Waals surface area contributed by atoms with E-state index in [9.17, 15) is 4.79 Å². The Balaban J connectivity index is 1.83. The van der Waals surface area contributed by atoms with Gasteiger partial charge in [0.05, 0.1) is 12.7 Å². The predicted molar refractivity (Wildman–Crippen MR) is 70.1 cm³/mol. The van der Waals surface area contributed by atoms with Crippen LogP contribution in [0.2, 0.25) is 0 Å². The Bertz CT molecular complexity index is 423. The number of likely N-dealkylation sites (N-methyl/N-ethyl adjacent to an activating group) is 1. The summed E-state index contributed by atoms with van der Waals surface area (Å²) in [6.07, 6.45) is 4.17. The zero-order chi connectivity index (χ0) is 13.1. The maximum Gasteiger partial charge on any atom is 0.234 e. The van der Waals surface area contributed by atoms with E-state index in [1.807, 2.05) is 22.8 Å². The summed E-state index contributed by atoms with van der Waals surface area (Å²) in [6.45, 7) is 6.26. The SMILES string of the molecule is CCn1ncc(CN(C)CC(=O)NC2CC2)c1C. The second-order valence-electron chi connectivity index (χ2n) is 5.09. The van der Waals surface area contributed by atoms with Crippen LogP contribution < -0.4 is 5.32 Å². The van der Waals surface area contributed by atoms with E-state index in [0.717, 1.165) is 25.9 Å². The van der Waals surface area contributed by atoms with Crippen LogP contribution in [0.3, 0.4) is 0 Å². The summed E-state index contributed by atoms with van der Waals surface area (Å²) in [5.41, 5.74) is 2.38. The van der Waals surface area contributed by atoms with E-state index in [2.05, 4.69) is 24.3 Å². The van der Waals surface area contributed by atoms with E-state index in [-0.39, 0.29) is 5.91 Å². The third kappa shape index (κ3) is 3.32. The summed E-state index contributed by atoms with van der Waals surface area (Å²) in [6, 6.07) is 0.440. The molecule has 0 aromatic carbocycles. The van der Waals surface area contributed by atoms with Crippen LogP contribution in [-0.4, -0.2) is 40.2 Å². The number of nitrogens with zero attached hydrogens (tertiary/aromatic N) is 3. The van der Waals surface area contributed by atoms with Crippen LogP contribution in [0.5, 0.6) is 0 Å². The molecule has 0 atom stereocenters.